The second kappa shape index (κ2) is 7.27. The standard InChI is InChI=1S/C18H22N2O3S2/c1-13-11-17(14(2)24-13)18(21)19-15-7-6-8-16(12-15)25(22,23)20-9-4-3-5-10-20/h6-8,11-12H,3-5,9-10H2,1-2H3,(H,19,21). The van der Waals surface area contributed by atoms with E-state index in [0.29, 0.717) is 24.3 Å². The summed E-state index contributed by atoms with van der Waals surface area (Å²) >= 11 is 1.57. The van der Waals surface area contributed by atoms with Gasteiger partial charge in [-0.05, 0) is 51.0 Å². The Morgan fingerprint density at radius 2 is 1.84 bits per heavy atom. The summed E-state index contributed by atoms with van der Waals surface area (Å²) in [6.45, 7) is 4.99. The first kappa shape index (κ1) is 18.1. The van der Waals surface area contributed by atoms with Crippen molar-refractivity contribution in [3.63, 3.8) is 0 Å². The maximum Gasteiger partial charge on any atom is 0.256 e. The van der Waals surface area contributed by atoms with Gasteiger partial charge in [0.1, 0.15) is 0 Å². The molecule has 0 saturated carbocycles. The van der Waals surface area contributed by atoms with Gasteiger partial charge in [0.2, 0.25) is 10.0 Å². The average Bonchev–Trinajstić information content (AvgIpc) is 2.94. The molecule has 1 aromatic heterocycles. The van der Waals surface area contributed by atoms with Crippen LogP contribution < -0.4 is 5.32 Å². The van der Waals surface area contributed by atoms with Crippen molar-refractivity contribution in [1.82, 2.24) is 4.31 Å². The Morgan fingerprint density at radius 3 is 2.48 bits per heavy atom. The van der Waals surface area contributed by atoms with Gasteiger partial charge in [0, 0.05) is 28.5 Å². The predicted octanol–water partition coefficient (Wildman–Crippen LogP) is 3.79. The zero-order valence-corrected chi connectivity index (χ0v) is 16.0. The van der Waals surface area contributed by atoms with Crippen LogP contribution >= 0.6 is 11.3 Å². The van der Waals surface area contributed by atoms with Gasteiger partial charge < -0.3 is 5.32 Å². The number of anilines is 1. The number of nitrogens with one attached hydrogen (secondary N) is 1. The highest BCUT2D eigenvalue weighted by atomic mass is 32.2. The number of carbonyl (C=O) groups excluding carboxylic acids is 1. The Hall–Kier alpha value is -1.70. The molecular weight excluding hydrogens is 356 g/mol. The summed E-state index contributed by atoms with van der Waals surface area (Å²) in [6, 6.07) is 8.35. The normalized spacial score (nSPS) is 15.9. The molecule has 0 radical (unpaired) electrons. The lowest BCUT2D eigenvalue weighted by atomic mass is 10.2. The highest BCUT2D eigenvalue weighted by molar-refractivity contribution is 7.89. The van der Waals surface area contributed by atoms with Crippen LogP contribution in [0.3, 0.4) is 0 Å². The van der Waals surface area contributed by atoms with Crippen LogP contribution in [0.2, 0.25) is 0 Å². The van der Waals surface area contributed by atoms with Gasteiger partial charge in [0.05, 0.1) is 10.5 Å². The zero-order chi connectivity index (χ0) is 18.0. The summed E-state index contributed by atoms with van der Waals surface area (Å²) in [5.74, 6) is -0.214. The van der Waals surface area contributed by atoms with Gasteiger partial charge in [-0.3, -0.25) is 4.79 Å². The van der Waals surface area contributed by atoms with Crippen LogP contribution in [-0.4, -0.2) is 31.7 Å². The molecule has 0 atom stereocenters. The molecule has 7 heteroatoms. The van der Waals surface area contributed by atoms with E-state index in [4.69, 9.17) is 0 Å². The minimum atomic E-state index is -3.50. The second-order valence-electron chi connectivity index (χ2n) is 6.27. The number of hydrogen-bond donors (Lipinski definition) is 1. The molecular formula is C18H22N2O3S2. The van der Waals surface area contributed by atoms with E-state index in [1.54, 1.807) is 29.5 Å². The molecule has 0 spiro atoms. The third-order valence-electron chi connectivity index (χ3n) is 4.33. The number of amides is 1. The van der Waals surface area contributed by atoms with Crippen molar-refractivity contribution >= 4 is 33.0 Å². The van der Waals surface area contributed by atoms with Gasteiger partial charge in [0.15, 0.2) is 0 Å². The van der Waals surface area contributed by atoms with Gasteiger partial charge in [-0.15, -0.1) is 11.3 Å². The van der Waals surface area contributed by atoms with Crippen LogP contribution in [0.15, 0.2) is 35.2 Å². The van der Waals surface area contributed by atoms with Gasteiger partial charge in [-0.25, -0.2) is 8.42 Å². The van der Waals surface area contributed by atoms with Gasteiger partial charge in [-0.2, -0.15) is 4.31 Å². The number of sulfonamides is 1. The van der Waals surface area contributed by atoms with Crippen molar-refractivity contribution in [3.8, 4) is 0 Å². The number of carbonyl (C=O) groups is 1. The number of hydrogen-bond acceptors (Lipinski definition) is 4. The van der Waals surface area contributed by atoms with E-state index < -0.39 is 10.0 Å². The van der Waals surface area contributed by atoms with E-state index in [0.717, 1.165) is 29.0 Å². The summed E-state index contributed by atoms with van der Waals surface area (Å²) in [5.41, 5.74) is 1.12. The Morgan fingerprint density at radius 1 is 1.12 bits per heavy atom. The average molecular weight is 379 g/mol. The monoisotopic (exact) mass is 378 g/mol. The largest absolute Gasteiger partial charge is 0.322 e. The van der Waals surface area contributed by atoms with Crippen molar-refractivity contribution in [1.29, 1.82) is 0 Å². The summed E-state index contributed by atoms with van der Waals surface area (Å²) in [7, 11) is -3.50. The maximum atomic E-state index is 12.8. The van der Waals surface area contributed by atoms with Crippen LogP contribution in [0.25, 0.3) is 0 Å². The maximum absolute atomic E-state index is 12.8. The fourth-order valence-electron chi connectivity index (χ4n) is 3.04. The molecule has 1 aromatic carbocycles. The molecule has 3 rings (SSSR count). The van der Waals surface area contributed by atoms with Crippen molar-refractivity contribution in [2.75, 3.05) is 18.4 Å². The molecule has 1 amide bonds. The third-order valence-corrected chi connectivity index (χ3v) is 7.19. The van der Waals surface area contributed by atoms with E-state index in [1.807, 2.05) is 19.9 Å². The Kier molecular flexibility index (Phi) is 5.27. The SMILES string of the molecule is Cc1cc(C(=O)Nc2cccc(S(=O)(=O)N3CCCCC3)c2)c(C)s1. The third kappa shape index (κ3) is 3.94. The lowest BCUT2D eigenvalue weighted by Gasteiger charge is -2.26. The number of nitrogens with zero attached hydrogens (tertiary/aromatic N) is 1. The minimum absolute atomic E-state index is 0.214. The van der Waals surface area contributed by atoms with E-state index in [1.165, 1.54) is 10.4 Å². The van der Waals surface area contributed by atoms with E-state index in [-0.39, 0.29) is 10.8 Å². The molecule has 1 fully saturated rings. The fraction of sp³-hybridized carbons (Fsp3) is 0.389. The first-order valence-corrected chi connectivity index (χ1v) is 10.6. The van der Waals surface area contributed by atoms with Crippen molar-refractivity contribution in [3.05, 3.63) is 45.6 Å². The van der Waals surface area contributed by atoms with Crippen LogP contribution in [0.4, 0.5) is 5.69 Å². The smallest absolute Gasteiger partial charge is 0.256 e. The Bertz CT molecular complexity index is 881. The molecule has 1 aliphatic rings. The number of piperidine rings is 1. The highest BCUT2D eigenvalue weighted by Gasteiger charge is 2.26. The van der Waals surface area contributed by atoms with Crippen LogP contribution in [0, 0.1) is 13.8 Å². The predicted molar refractivity (Wildman–Crippen MR) is 101 cm³/mol. The molecule has 5 nitrogen and oxygen atoms in total. The molecule has 0 bridgehead atoms. The van der Waals surface area contributed by atoms with Gasteiger partial charge in [0.25, 0.3) is 5.91 Å². The molecule has 1 N–H and O–H groups in total. The van der Waals surface area contributed by atoms with Gasteiger partial charge in [-0.1, -0.05) is 12.5 Å². The number of thiophene rings is 1. The lowest BCUT2D eigenvalue weighted by molar-refractivity contribution is 0.102. The topological polar surface area (TPSA) is 66.5 Å². The molecule has 25 heavy (non-hydrogen) atoms. The van der Waals surface area contributed by atoms with E-state index in [2.05, 4.69) is 5.32 Å². The minimum Gasteiger partial charge on any atom is -0.322 e. The van der Waals surface area contributed by atoms with Crippen LogP contribution in [0.1, 0.15) is 39.4 Å². The second-order valence-corrected chi connectivity index (χ2v) is 9.67. The van der Waals surface area contributed by atoms with Gasteiger partial charge >= 0.3 is 0 Å². The Labute approximate surface area is 152 Å². The number of aryl methyl sites for hydroxylation is 2. The Balaban J connectivity index is 1.81. The molecule has 2 heterocycles. The molecule has 0 aliphatic carbocycles. The molecule has 0 unspecified atom stereocenters. The molecule has 2 aromatic rings. The molecule has 1 aliphatic heterocycles. The fourth-order valence-corrected chi connectivity index (χ4v) is 5.53. The van der Waals surface area contributed by atoms with E-state index in [9.17, 15) is 13.2 Å². The first-order chi connectivity index (χ1) is 11.9. The van der Waals surface area contributed by atoms with Crippen LogP contribution in [-0.2, 0) is 10.0 Å². The molecule has 134 valence electrons. The first-order valence-electron chi connectivity index (χ1n) is 8.36. The quantitative estimate of drug-likeness (QED) is 0.880. The summed E-state index contributed by atoms with van der Waals surface area (Å²) in [6.07, 6.45) is 2.86. The highest BCUT2D eigenvalue weighted by Crippen LogP contribution is 2.25. The molecule has 1 saturated heterocycles. The van der Waals surface area contributed by atoms with E-state index >= 15 is 0 Å². The zero-order valence-electron chi connectivity index (χ0n) is 14.4. The van der Waals surface area contributed by atoms with Crippen molar-refractivity contribution < 1.29 is 13.2 Å². The van der Waals surface area contributed by atoms with Crippen LogP contribution in [0.5, 0.6) is 0 Å². The van der Waals surface area contributed by atoms with Crippen molar-refractivity contribution in [2.45, 2.75) is 38.0 Å². The number of benzene rings is 1. The van der Waals surface area contributed by atoms with Crippen molar-refractivity contribution in [2.24, 2.45) is 0 Å². The summed E-state index contributed by atoms with van der Waals surface area (Å²) in [4.78, 5) is 14.7. The summed E-state index contributed by atoms with van der Waals surface area (Å²) in [5, 5.41) is 2.81. The number of rotatable bonds is 4. The summed E-state index contributed by atoms with van der Waals surface area (Å²) < 4.78 is 27.1. The lowest BCUT2D eigenvalue weighted by Crippen LogP contribution is -2.35.